The van der Waals surface area contributed by atoms with Crippen molar-refractivity contribution in [1.82, 2.24) is 9.88 Å². The van der Waals surface area contributed by atoms with Crippen LogP contribution >= 0.6 is 23.7 Å². The van der Waals surface area contributed by atoms with E-state index in [0.717, 1.165) is 21.6 Å². The third-order valence-electron chi connectivity index (χ3n) is 3.47. The number of rotatable bonds is 6. The molecular formula is C17H17ClN2O5S. The number of nitrogens with one attached hydrogen (secondary N) is 1. The van der Waals surface area contributed by atoms with Gasteiger partial charge >= 0.3 is 10.8 Å². The molecule has 0 saturated heterocycles. The zero-order chi connectivity index (χ0) is 17.8. The summed E-state index contributed by atoms with van der Waals surface area (Å²) in [7, 11) is 0. The summed E-state index contributed by atoms with van der Waals surface area (Å²) < 4.78 is 12.4. The third kappa shape index (κ3) is 4.33. The van der Waals surface area contributed by atoms with Crippen LogP contribution in [0.1, 0.15) is 23.2 Å². The second-order valence-electron chi connectivity index (χ2n) is 5.18. The maximum Gasteiger partial charge on any atom is 0.374 e. The van der Waals surface area contributed by atoms with E-state index in [1.165, 1.54) is 10.6 Å². The molecule has 26 heavy (non-hydrogen) atoms. The standard InChI is InChI=1S/C17H16N2O5S.ClH/c1-2-23-16(21)13-8-7-11(24-13)9-18-15(20)10-19-12-5-3-4-6-14(12)25-17(19)22;/h3-8H,2,9-10H2,1H3,(H,18,20);1H. The van der Waals surface area contributed by atoms with Crippen molar-refractivity contribution in [2.45, 2.75) is 20.0 Å². The quantitative estimate of drug-likeness (QED) is 0.646. The average molecular weight is 397 g/mol. The Balaban J connectivity index is 0.00000243. The summed E-state index contributed by atoms with van der Waals surface area (Å²) in [4.78, 5) is 35.5. The van der Waals surface area contributed by atoms with E-state index in [-0.39, 0.29) is 48.6 Å². The Labute approximate surface area is 159 Å². The number of carbonyl (C=O) groups is 2. The van der Waals surface area contributed by atoms with Crippen LogP contribution in [0.25, 0.3) is 10.2 Å². The summed E-state index contributed by atoms with van der Waals surface area (Å²) in [6.07, 6.45) is 0. The molecule has 2 aromatic heterocycles. The van der Waals surface area contributed by atoms with E-state index in [1.807, 2.05) is 18.2 Å². The van der Waals surface area contributed by atoms with Gasteiger partial charge in [0.2, 0.25) is 11.7 Å². The molecule has 0 spiro atoms. The zero-order valence-corrected chi connectivity index (χ0v) is 15.5. The van der Waals surface area contributed by atoms with Gasteiger partial charge in [0.05, 0.1) is 23.4 Å². The van der Waals surface area contributed by atoms with E-state index in [0.29, 0.717) is 5.76 Å². The molecule has 1 amide bonds. The van der Waals surface area contributed by atoms with Gasteiger partial charge in [0, 0.05) is 0 Å². The Kier molecular flexibility index (Phi) is 6.59. The predicted molar refractivity (Wildman–Crippen MR) is 99.8 cm³/mol. The van der Waals surface area contributed by atoms with Gasteiger partial charge in [-0.05, 0) is 31.2 Å². The largest absolute Gasteiger partial charge is 0.460 e. The number of para-hydroxylation sites is 1. The molecule has 0 unspecified atom stereocenters. The predicted octanol–water partition coefficient (Wildman–Crippen LogP) is 2.57. The Morgan fingerprint density at radius 2 is 2.00 bits per heavy atom. The summed E-state index contributed by atoms with van der Waals surface area (Å²) in [6, 6.07) is 10.4. The van der Waals surface area contributed by atoms with Crippen molar-refractivity contribution >= 4 is 45.8 Å². The van der Waals surface area contributed by atoms with Crippen LogP contribution in [0.2, 0.25) is 0 Å². The second kappa shape index (κ2) is 8.68. The molecule has 3 rings (SSSR count). The number of carbonyl (C=O) groups excluding carboxylic acids is 2. The minimum absolute atomic E-state index is 0. The molecule has 0 aliphatic heterocycles. The maximum absolute atomic E-state index is 12.1. The van der Waals surface area contributed by atoms with Crippen molar-refractivity contribution < 1.29 is 18.7 Å². The smallest absolute Gasteiger partial charge is 0.374 e. The Hall–Kier alpha value is -2.58. The van der Waals surface area contributed by atoms with E-state index in [2.05, 4.69) is 5.32 Å². The van der Waals surface area contributed by atoms with Crippen LogP contribution in [0, 0.1) is 0 Å². The Bertz CT molecular complexity index is 975. The SMILES string of the molecule is CCOC(=O)c1ccc(CNC(=O)Cn2c(=O)sc3ccccc32)o1.Cl. The van der Waals surface area contributed by atoms with Crippen molar-refractivity contribution in [3.63, 3.8) is 0 Å². The van der Waals surface area contributed by atoms with E-state index in [4.69, 9.17) is 9.15 Å². The van der Waals surface area contributed by atoms with E-state index >= 15 is 0 Å². The molecule has 0 aliphatic rings. The molecular weight excluding hydrogens is 380 g/mol. The van der Waals surface area contributed by atoms with Gasteiger partial charge in [-0.1, -0.05) is 23.5 Å². The van der Waals surface area contributed by atoms with Crippen LogP contribution in [0.4, 0.5) is 0 Å². The molecule has 0 saturated carbocycles. The summed E-state index contributed by atoms with van der Waals surface area (Å²) in [5, 5.41) is 2.67. The molecule has 0 aliphatic carbocycles. The number of furan rings is 1. The number of nitrogens with zero attached hydrogens (tertiary/aromatic N) is 1. The van der Waals surface area contributed by atoms with Gasteiger partial charge in [-0.15, -0.1) is 12.4 Å². The summed E-state index contributed by atoms with van der Waals surface area (Å²) in [5.41, 5.74) is 0.732. The molecule has 2 heterocycles. The van der Waals surface area contributed by atoms with Crippen molar-refractivity contribution in [2.24, 2.45) is 0 Å². The minimum atomic E-state index is -0.545. The molecule has 0 bridgehead atoms. The monoisotopic (exact) mass is 396 g/mol. The molecule has 138 valence electrons. The van der Waals surface area contributed by atoms with Gasteiger partial charge < -0.3 is 14.5 Å². The van der Waals surface area contributed by atoms with Crippen molar-refractivity contribution in [1.29, 1.82) is 0 Å². The molecule has 3 aromatic rings. The number of hydrogen-bond donors (Lipinski definition) is 1. The number of amides is 1. The number of fused-ring (bicyclic) bond motifs is 1. The fourth-order valence-corrected chi connectivity index (χ4v) is 3.22. The molecule has 9 heteroatoms. The minimum Gasteiger partial charge on any atom is -0.460 e. The van der Waals surface area contributed by atoms with Gasteiger partial charge in [-0.25, -0.2) is 4.79 Å². The summed E-state index contributed by atoms with van der Waals surface area (Å²) >= 11 is 1.10. The molecule has 0 radical (unpaired) electrons. The van der Waals surface area contributed by atoms with Gasteiger partial charge in [0.15, 0.2) is 0 Å². The normalized spacial score (nSPS) is 10.3. The highest BCUT2D eigenvalue weighted by atomic mass is 35.5. The number of benzene rings is 1. The van der Waals surface area contributed by atoms with Gasteiger partial charge in [-0.2, -0.15) is 0 Å². The fraction of sp³-hybridized carbons (Fsp3) is 0.235. The van der Waals surface area contributed by atoms with E-state index < -0.39 is 5.97 Å². The third-order valence-corrected chi connectivity index (χ3v) is 4.43. The van der Waals surface area contributed by atoms with E-state index in [9.17, 15) is 14.4 Å². The molecule has 0 fully saturated rings. The maximum atomic E-state index is 12.1. The molecule has 7 nitrogen and oxygen atoms in total. The lowest BCUT2D eigenvalue weighted by atomic mass is 10.3. The lowest BCUT2D eigenvalue weighted by Crippen LogP contribution is -2.30. The van der Waals surface area contributed by atoms with Crippen molar-refractivity contribution in [3.05, 3.63) is 57.6 Å². The first kappa shape index (κ1) is 19.7. The van der Waals surface area contributed by atoms with Crippen LogP contribution in [0.3, 0.4) is 0 Å². The number of thiazole rings is 1. The molecule has 0 atom stereocenters. The average Bonchev–Trinajstić information content (AvgIpc) is 3.19. The van der Waals surface area contributed by atoms with Crippen LogP contribution in [-0.4, -0.2) is 23.1 Å². The van der Waals surface area contributed by atoms with Crippen LogP contribution in [-0.2, 0) is 22.6 Å². The van der Waals surface area contributed by atoms with Gasteiger partial charge in [-0.3, -0.25) is 14.2 Å². The highest BCUT2D eigenvalue weighted by molar-refractivity contribution is 7.16. The Morgan fingerprint density at radius 1 is 1.23 bits per heavy atom. The molecule has 1 N–H and O–H groups in total. The van der Waals surface area contributed by atoms with Gasteiger partial charge in [0.25, 0.3) is 0 Å². The summed E-state index contributed by atoms with van der Waals surface area (Å²) in [5.74, 6) is -0.346. The lowest BCUT2D eigenvalue weighted by molar-refractivity contribution is -0.121. The van der Waals surface area contributed by atoms with Gasteiger partial charge in [0.1, 0.15) is 12.3 Å². The lowest BCUT2D eigenvalue weighted by Gasteiger charge is -2.05. The number of ether oxygens (including phenoxy) is 1. The molecule has 1 aromatic carbocycles. The van der Waals surface area contributed by atoms with Crippen molar-refractivity contribution in [2.75, 3.05) is 6.61 Å². The highest BCUT2D eigenvalue weighted by Gasteiger charge is 2.14. The van der Waals surface area contributed by atoms with E-state index in [1.54, 1.807) is 19.1 Å². The number of aromatic nitrogens is 1. The zero-order valence-electron chi connectivity index (χ0n) is 13.9. The van der Waals surface area contributed by atoms with Crippen LogP contribution in [0.5, 0.6) is 0 Å². The van der Waals surface area contributed by atoms with Crippen LogP contribution in [0.15, 0.2) is 45.6 Å². The summed E-state index contributed by atoms with van der Waals surface area (Å²) in [6.45, 7) is 2.01. The van der Waals surface area contributed by atoms with Crippen LogP contribution < -0.4 is 10.2 Å². The first-order valence-electron chi connectivity index (χ1n) is 7.69. The highest BCUT2D eigenvalue weighted by Crippen LogP contribution is 2.16. The topological polar surface area (TPSA) is 90.5 Å². The number of hydrogen-bond acceptors (Lipinski definition) is 6. The fourth-order valence-electron chi connectivity index (χ4n) is 2.33. The number of halogens is 1. The first-order chi connectivity index (χ1) is 12.1. The Morgan fingerprint density at radius 3 is 2.77 bits per heavy atom. The van der Waals surface area contributed by atoms with Crippen molar-refractivity contribution in [3.8, 4) is 0 Å². The second-order valence-corrected chi connectivity index (χ2v) is 6.18. The number of esters is 1. The first-order valence-corrected chi connectivity index (χ1v) is 8.51.